The zero-order chi connectivity index (χ0) is 23.8. The van der Waals surface area contributed by atoms with Crippen molar-refractivity contribution in [2.75, 3.05) is 6.54 Å². The van der Waals surface area contributed by atoms with E-state index in [2.05, 4.69) is 20.2 Å². The van der Waals surface area contributed by atoms with E-state index in [0.717, 1.165) is 40.7 Å². The molecule has 32 heavy (non-hydrogen) atoms. The molecule has 0 aliphatic heterocycles. The van der Waals surface area contributed by atoms with E-state index < -0.39 is 16.1 Å². The first-order chi connectivity index (χ1) is 14.9. The number of carbonyl (C=O) groups is 1. The highest BCUT2D eigenvalue weighted by atomic mass is 32.2. The van der Waals surface area contributed by atoms with Crippen LogP contribution in [0.3, 0.4) is 0 Å². The van der Waals surface area contributed by atoms with Crippen molar-refractivity contribution in [1.82, 2.24) is 20.2 Å². The van der Waals surface area contributed by atoms with Gasteiger partial charge < -0.3 is 9.84 Å². The fourth-order valence-corrected chi connectivity index (χ4v) is 5.51. The average Bonchev–Trinajstić information content (AvgIpc) is 3.46. The van der Waals surface area contributed by atoms with Gasteiger partial charge in [0.2, 0.25) is 21.8 Å². The Labute approximate surface area is 190 Å². The van der Waals surface area contributed by atoms with Crippen molar-refractivity contribution in [2.24, 2.45) is 5.92 Å². The monoisotopic (exact) mass is 462 g/mol. The predicted molar refractivity (Wildman–Crippen MR) is 122 cm³/mol. The number of aromatic nitrogens is 2. The Morgan fingerprint density at radius 2 is 1.59 bits per heavy atom. The minimum Gasteiger partial charge on any atom is -0.344 e. The van der Waals surface area contributed by atoms with Crippen molar-refractivity contribution in [3.63, 3.8) is 0 Å². The summed E-state index contributed by atoms with van der Waals surface area (Å²) in [5.74, 6) is 1.23. The summed E-state index contributed by atoms with van der Waals surface area (Å²) in [4.78, 5) is 17.3. The maximum absolute atomic E-state index is 13.0. The third kappa shape index (κ3) is 5.04. The van der Waals surface area contributed by atoms with Crippen LogP contribution in [0.2, 0.25) is 0 Å². The van der Waals surface area contributed by atoms with Gasteiger partial charge in [-0.25, -0.2) is 13.1 Å². The summed E-state index contributed by atoms with van der Waals surface area (Å²) in [6.07, 6.45) is 2.14. The predicted octanol–water partition coefficient (Wildman–Crippen LogP) is 3.67. The number of hydrogen-bond acceptors (Lipinski definition) is 6. The molecule has 3 rings (SSSR count). The Balaban J connectivity index is 1.64. The minimum absolute atomic E-state index is 0.000983. The quantitative estimate of drug-likeness (QED) is 0.588. The molecule has 2 aromatic rings. The van der Waals surface area contributed by atoms with Gasteiger partial charge in [-0.2, -0.15) is 4.98 Å². The number of hydrogen-bond donors (Lipinski definition) is 2. The summed E-state index contributed by atoms with van der Waals surface area (Å²) in [6.45, 7) is 13.4. The molecule has 2 N–H and O–H groups in total. The topological polar surface area (TPSA) is 114 Å². The number of nitrogens with zero attached hydrogens (tertiary/aromatic N) is 2. The third-order valence-corrected chi connectivity index (χ3v) is 8.23. The summed E-state index contributed by atoms with van der Waals surface area (Å²) >= 11 is 0. The zero-order valence-electron chi connectivity index (χ0n) is 20.0. The molecule has 176 valence electrons. The number of rotatable bonds is 9. The van der Waals surface area contributed by atoms with E-state index >= 15 is 0 Å². The molecule has 1 aliphatic carbocycles. The molecule has 1 fully saturated rings. The van der Waals surface area contributed by atoms with E-state index in [1.807, 2.05) is 48.5 Å². The van der Waals surface area contributed by atoms with Gasteiger partial charge >= 0.3 is 0 Å². The van der Waals surface area contributed by atoms with Crippen LogP contribution in [0.25, 0.3) is 0 Å². The van der Waals surface area contributed by atoms with Crippen LogP contribution in [-0.4, -0.2) is 31.0 Å². The van der Waals surface area contributed by atoms with Gasteiger partial charge in [0.05, 0.1) is 4.90 Å². The van der Waals surface area contributed by atoms with Gasteiger partial charge in [0.1, 0.15) is 6.04 Å². The number of carbonyl (C=O) groups excluding carboxylic acids is 1. The minimum atomic E-state index is -3.75. The molecule has 0 spiro atoms. The fraction of sp³-hybridized carbons (Fsp3) is 0.609. The summed E-state index contributed by atoms with van der Waals surface area (Å²) in [5, 5.41) is 6.93. The van der Waals surface area contributed by atoms with Crippen LogP contribution in [0, 0.1) is 40.5 Å². The maximum Gasteiger partial charge on any atom is 0.249 e. The maximum atomic E-state index is 13.0. The first-order valence-corrected chi connectivity index (χ1v) is 12.6. The molecule has 0 radical (unpaired) electrons. The van der Waals surface area contributed by atoms with Crippen LogP contribution in [-0.2, 0) is 14.8 Å². The van der Waals surface area contributed by atoms with E-state index in [4.69, 9.17) is 4.52 Å². The molecule has 0 bridgehead atoms. The van der Waals surface area contributed by atoms with Gasteiger partial charge in [0.15, 0.2) is 5.82 Å². The molecule has 8 nitrogen and oxygen atoms in total. The van der Waals surface area contributed by atoms with Gasteiger partial charge in [0.25, 0.3) is 0 Å². The van der Waals surface area contributed by atoms with E-state index in [-0.39, 0.29) is 24.8 Å². The Bertz CT molecular complexity index is 1090. The van der Waals surface area contributed by atoms with Crippen molar-refractivity contribution >= 4 is 15.9 Å². The molecule has 1 aliphatic rings. The normalized spacial score (nSPS) is 15.2. The molecule has 1 heterocycles. The lowest BCUT2D eigenvalue weighted by molar-refractivity contribution is -0.122. The van der Waals surface area contributed by atoms with Crippen LogP contribution < -0.4 is 10.0 Å². The lowest BCUT2D eigenvalue weighted by atomic mass is 9.95. The van der Waals surface area contributed by atoms with Crippen molar-refractivity contribution in [2.45, 2.75) is 84.6 Å². The van der Waals surface area contributed by atoms with Gasteiger partial charge in [-0.05, 0) is 81.2 Å². The van der Waals surface area contributed by atoms with Gasteiger partial charge in [-0.15, -0.1) is 0 Å². The Morgan fingerprint density at radius 3 is 2.12 bits per heavy atom. The van der Waals surface area contributed by atoms with Gasteiger partial charge in [-0.3, -0.25) is 4.79 Å². The molecular formula is C23H34N4O4S. The molecule has 1 saturated carbocycles. The third-order valence-electron chi connectivity index (χ3n) is 6.49. The van der Waals surface area contributed by atoms with Crippen molar-refractivity contribution < 1.29 is 17.7 Å². The number of nitrogens with one attached hydrogen (secondary N) is 2. The summed E-state index contributed by atoms with van der Waals surface area (Å²) < 4.78 is 34.0. The summed E-state index contributed by atoms with van der Waals surface area (Å²) in [6, 6.07) is -0.411. The smallest absolute Gasteiger partial charge is 0.249 e. The Hall–Kier alpha value is -2.26. The second-order valence-corrected chi connectivity index (χ2v) is 10.9. The first-order valence-electron chi connectivity index (χ1n) is 11.1. The van der Waals surface area contributed by atoms with E-state index in [9.17, 15) is 13.2 Å². The van der Waals surface area contributed by atoms with Gasteiger partial charge in [-0.1, -0.05) is 19.0 Å². The lowest BCUT2D eigenvalue weighted by Crippen LogP contribution is -2.35. The molecule has 1 amide bonds. The fourth-order valence-electron chi connectivity index (χ4n) is 3.88. The highest BCUT2D eigenvalue weighted by molar-refractivity contribution is 7.89. The highest BCUT2D eigenvalue weighted by Crippen LogP contribution is 2.38. The van der Waals surface area contributed by atoms with E-state index in [0.29, 0.717) is 22.5 Å². The molecule has 9 heteroatoms. The number of benzene rings is 1. The summed E-state index contributed by atoms with van der Waals surface area (Å²) in [7, 11) is -3.75. The van der Waals surface area contributed by atoms with Crippen LogP contribution >= 0.6 is 0 Å². The SMILES string of the molecule is Cc1c(C)c(C)c(S(=O)(=O)NCCC(=O)NC(c2nc(C3CC3)no2)C(C)C)c(C)c1C. The van der Waals surface area contributed by atoms with Crippen LogP contribution in [0.5, 0.6) is 0 Å². The van der Waals surface area contributed by atoms with Gasteiger partial charge in [0, 0.05) is 18.9 Å². The molecule has 1 aromatic heterocycles. The standard InChI is InChI=1S/C23H34N4O4S/c1-12(2)20(23-26-22(27-31-23)18-8-9-18)25-19(28)10-11-24-32(29,30)21-16(6)14(4)13(3)15(5)17(21)7/h12,18,20,24H,8-11H2,1-7H3,(H,25,28). The van der Waals surface area contributed by atoms with E-state index in [1.54, 1.807) is 0 Å². The Morgan fingerprint density at radius 1 is 1.03 bits per heavy atom. The largest absolute Gasteiger partial charge is 0.344 e. The second kappa shape index (κ2) is 9.31. The first kappa shape index (κ1) is 24.4. The van der Waals surface area contributed by atoms with Crippen molar-refractivity contribution in [3.05, 3.63) is 39.5 Å². The second-order valence-electron chi connectivity index (χ2n) is 9.16. The zero-order valence-corrected chi connectivity index (χ0v) is 20.8. The number of sulfonamides is 1. The summed E-state index contributed by atoms with van der Waals surface area (Å²) in [5.41, 5.74) is 4.52. The van der Waals surface area contributed by atoms with Crippen LogP contribution in [0.15, 0.2) is 9.42 Å². The highest BCUT2D eigenvalue weighted by Gasteiger charge is 2.31. The van der Waals surface area contributed by atoms with E-state index in [1.165, 1.54) is 0 Å². The van der Waals surface area contributed by atoms with Crippen LogP contribution in [0.1, 0.15) is 84.6 Å². The molecule has 1 atom stereocenters. The molecular weight excluding hydrogens is 428 g/mol. The molecule has 0 saturated heterocycles. The average molecular weight is 463 g/mol. The van der Waals surface area contributed by atoms with Crippen molar-refractivity contribution in [1.29, 1.82) is 0 Å². The molecule has 1 aromatic carbocycles. The van der Waals surface area contributed by atoms with Crippen molar-refractivity contribution in [3.8, 4) is 0 Å². The Kier molecular flexibility index (Phi) is 7.09. The van der Waals surface area contributed by atoms with Crippen LogP contribution in [0.4, 0.5) is 0 Å². The lowest BCUT2D eigenvalue weighted by Gasteiger charge is -2.20. The number of amides is 1. The molecule has 1 unspecified atom stereocenters.